The van der Waals surface area contributed by atoms with Crippen LogP contribution in [0.1, 0.15) is 18.2 Å². The van der Waals surface area contributed by atoms with Crippen molar-refractivity contribution in [3.05, 3.63) is 27.5 Å². The highest BCUT2D eigenvalue weighted by atomic mass is 35.5. The zero-order valence-corrected chi connectivity index (χ0v) is 9.49. The Morgan fingerprint density at radius 2 is 2.29 bits per heavy atom. The Balaban J connectivity index is 2.73. The molecule has 0 fully saturated rings. The van der Waals surface area contributed by atoms with Crippen LogP contribution in [0.5, 0.6) is 0 Å². The Morgan fingerprint density at radius 1 is 1.59 bits per heavy atom. The van der Waals surface area contributed by atoms with Gasteiger partial charge in [-0.25, -0.2) is 4.98 Å². The van der Waals surface area contributed by atoms with Crippen LogP contribution in [0.25, 0.3) is 10.4 Å². The molecule has 0 bridgehead atoms. The van der Waals surface area contributed by atoms with Crippen LogP contribution in [0.2, 0.25) is 5.15 Å². The summed E-state index contributed by atoms with van der Waals surface area (Å²) in [7, 11) is 0. The standard InChI is InChI=1S/C8H11ClN6O2/c9-8-6(12-3-5(10)14-8)7(17)4(16)1-2-13-15-11/h3-4,7,16-17H,1-2H2,(H2,10,14). The molecule has 0 radical (unpaired) electrons. The van der Waals surface area contributed by atoms with Crippen LogP contribution < -0.4 is 5.73 Å². The van der Waals surface area contributed by atoms with Gasteiger partial charge in [-0.3, -0.25) is 4.98 Å². The summed E-state index contributed by atoms with van der Waals surface area (Å²) in [6.45, 7) is 0.0642. The second-order valence-corrected chi connectivity index (χ2v) is 3.58. The van der Waals surface area contributed by atoms with E-state index in [9.17, 15) is 10.2 Å². The zero-order valence-electron chi connectivity index (χ0n) is 8.73. The summed E-state index contributed by atoms with van der Waals surface area (Å²) >= 11 is 5.72. The van der Waals surface area contributed by atoms with E-state index in [1.165, 1.54) is 6.20 Å². The van der Waals surface area contributed by atoms with Gasteiger partial charge in [0, 0.05) is 11.5 Å². The van der Waals surface area contributed by atoms with Gasteiger partial charge < -0.3 is 15.9 Å². The van der Waals surface area contributed by atoms with Crippen molar-refractivity contribution in [3.63, 3.8) is 0 Å². The fraction of sp³-hybridized carbons (Fsp3) is 0.500. The number of halogens is 1. The number of nitrogens with zero attached hydrogens (tertiary/aromatic N) is 5. The molecule has 9 heteroatoms. The number of aliphatic hydroxyl groups is 2. The molecule has 4 N–H and O–H groups in total. The van der Waals surface area contributed by atoms with Crippen molar-refractivity contribution in [2.24, 2.45) is 5.11 Å². The molecule has 0 aromatic carbocycles. The molecule has 2 unspecified atom stereocenters. The highest BCUT2D eigenvalue weighted by Gasteiger charge is 2.22. The minimum Gasteiger partial charge on any atom is -0.390 e. The molecule has 0 spiro atoms. The van der Waals surface area contributed by atoms with Crippen LogP contribution in [-0.2, 0) is 0 Å². The summed E-state index contributed by atoms with van der Waals surface area (Å²) in [5.41, 5.74) is 13.4. The minimum absolute atomic E-state index is 0.0364. The van der Waals surface area contributed by atoms with Gasteiger partial charge in [0.05, 0.1) is 12.3 Å². The van der Waals surface area contributed by atoms with Crippen LogP contribution in [-0.4, -0.2) is 32.8 Å². The number of hydrogen-bond acceptors (Lipinski definition) is 6. The van der Waals surface area contributed by atoms with Gasteiger partial charge in [0.1, 0.15) is 17.6 Å². The molecule has 1 aromatic heterocycles. The van der Waals surface area contributed by atoms with Crippen molar-refractivity contribution in [1.29, 1.82) is 0 Å². The topological polar surface area (TPSA) is 141 Å². The molecule has 0 saturated carbocycles. The first-order chi connectivity index (χ1) is 8.06. The van der Waals surface area contributed by atoms with Crippen molar-refractivity contribution < 1.29 is 10.2 Å². The number of azide groups is 1. The molecule has 0 aliphatic rings. The van der Waals surface area contributed by atoms with E-state index in [-0.39, 0.29) is 29.6 Å². The number of rotatable bonds is 5. The van der Waals surface area contributed by atoms with E-state index in [1.807, 2.05) is 0 Å². The lowest BCUT2D eigenvalue weighted by molar-refractivity contribution is 0.0124. The van der Waals surface area contributed by atoms with Gasteiger partial charge in [-0.05, 0) is 12.0 Å². The molecule has 17 heavy (non-hydrogen) atoms. The number of nitrogen functional groups attached to an aromatic ring is 1. The summed E-state index contributed by atoms with van der Waals surface area (Å²) in [5, 5.41) is 22.5. The van der Waals surface area contributed by atoms with Crippen molar-refractivity contribution in [2.45, 2.75) is 18.6 Å². The maximum atomic E-state index is 9.75. The van der Waals surface area contributed by atoms with Crippen molar-refractivity contribution in [2.75, 3.05) is 12.3 Å². The zero-order chi connectivity index (χ0) is 12.8. The van der Waals surface area contributed by atoms with E-state index in [2.05, 4.69) is 20.0 Å². The van der Waals surface area contributed by atoms with Crippen LogP contribution in [0.4, 0.5) is 5.82 Å². The minimum atomic E-state index is -1.30. The second kappa shape index (κ2) is 6.21. The Bertz CT molecular complexity index is 436. The molecule has 0 amide bonds. The average Bonchev–Trinajstić information content (AvgIpc) is 2.28. The number of aliphatic hydroxyl groups excluding tert-OH is 2. The lowest BCUT2D eigenvalue weighted by atomic mass is 10.1. The number of anilines is 1. The molecule has 1 heterocycles. The lowest BCUT2D eigenvalue weighted by Crippen LogP contribution is -2.21. The molecule has 0 aliphatic carbocycles. The van der Waals surface area contributed by atoms with E-state index in [0.717, 1.165) is 0 Å². The molecule has 2 atom stereocenters. The molecule has 92 valence electrons. The first-order valence-electron chi connectivity index (χ1n) is 4.71. The molecular formula is C8H11ClN6O2. The Kier molecular flexibility index (Phi) is 4.92. The maximum absolute atomic E-state index is 9.75. The molecular weight excluding hydrogens is 248 g/mol. The second-order valence-electron chi connectivity index (χ2n) is 3.23. The third-order valence-corrected chi connectivity index (χ3v) is 2.29. The molecule has 1 aromatic rings. The van der Waals surface area contributed by atoms with Gasteiger partial charge in [-0.1, -0.05) is 16.7 Å². The van der Waals surface area contributed by atoms with Crippen LogP contribution in [0, 0.1) is 0 Å². The fourth-order valence-electron chi connectivity index (χ4n) is 1.16. The van der Waals surface area contributed by atoms with Gasteiger partial charge in [0.15, 0.2) is 5.15 Å². The summed E-state index contributed by atoms with van der Waals surface area (Å²) in [5.74, 6) is 0.120. The Hall–Kier alpha value is -1.60. The third-order valence-electron chi connectivity index (χ3n) is 2.01. The van der Waals surface area contributed by atoms with Crippen molar-refractivity contribution in [3.8, 4) is 0 Å². The molecule has 8 nitrogen and oxygen atoms in total. The first kappa shape index (κ1) is 13.5. The molecule has 0 aliphatic heterocycles. The van der Waals surface area contributed by atoms with E-state index in [1.54, 1.807) is 0 Å². The van der Waals surface area contributed by atoms with Gasteiger partial charge in [-0.15, -0.1) is 0 Å². The first-order valence-corrected chi connectivity index (χ1v) is 5.09. The lowest BCUT2D eigenvalue weighted by Gasteiger charge is -2.16. The summed E-state index contributed by atoms with van der Waals surface area (Å²) in [6.07, 6.45) is -1.13. The number of nitrogens with two attached hydrogens (primary N) is 1. The maximum Gasteiger partial charge on any atom is 0.155 e. The largest absolute Gasteiger partial charge is 0.390 e. The highest BCUT2D eigenvalue weighted by molar-refractivity contribution is 6.30. The Morgan fingerprint density at radius 3 is 2.88 bits per heavy atom. The van der Waals surface area contributed by atoms with E-state index in [4.69, 9.17) is 22.9 Å². The van der Waals surface area contributed by atoms with Crippen LogP contribution >= 0.6 is 11.6 Å². The third kappa shape index (κ3) is 3.72. The van der Waals surface area contributed by atoms with E-state index < -0.39 is 12.2 Å². The van der Waals surface area contributed by atoms with Gasteiger partial charge in [-0.2, -0.15) is 0 Å². The Labute approximate surface area is 102 Å². The SMILES string of the molecule is [N-]=[N+]=NCCC(O)C(O)c1ncc(N)nc1Cl. The van der Waals surface area contributed by atoms with Crippen LogP contribution in [0.15, 0.2) is 11.3 Å². The molecule has 0 saturated heterocycles. The van der Waals surface area contributed by atoms with Gasteiger partial charge in [0.2, 0.25) is 0 Å². The normalized spacial score (nSPS) is 13.8. The van der Waals surface area contributed by atoms with Gasteiger partial charge in [0.25, 0.3) is 0 Å². The van der Waals surface area contributed by atoms with Crippen LogP contribution in [0.3, 0.4) is 0 Å². The van der Waals surface area contributed by atoms with Crippen molar-refractivity contribution >= 4 is 17.4 Å². The predicted octanol–water partition coefficient (Wildman–Crippen LogP) is 0.807. The number of hydrogen-bond donors (Lipinski definition) is 3. The monoisotopic (exact) mass is 258 g/mol. The predicted molar refractivity (Wildman–Crippen MR) is 61.1 cm³/mol. The quantitative estimate of drug-likeness (QED) is 0.407. The smallest absolute Gasteiger partial charge is 0.155 e. The summed E-state index contributed by atoms with van der Waals surface area (Å²) in [4.78, 5) is 10.0. The number of aromatic nitrogens is 2. The van der Waals surface area contributed by atoms with E-state index in [0.29, 0.717) is 0 Å². The highest BCUT2D eigenvalue weighted by Crippen LogP contribution is 2.23. The van der Waals surface area contributed by atoms with Gasteiger partial charge >= 0.3 is 0 Å². The average molecular weight is 259 g/mol. The fourth-order valence-corrected chi connectivity index (χ4v) is 1.42. The van der Waals surface area contributed by atoms with E-state index >= 15 is 0 Å². The molecule has 1 rings (SSSR count). The summed E-state index contributed by atoms with van der Waals surface area (Å²) in [6, 6.07) is 0. The summed E-state index contributed by atoms with van der Waals surface area (Å²) < 4.78 is 0. The van der Waals surface area contributed by atoms with Crippen molar-refractivity contribution in [1.82, 2.24) is 9.97 Å².